The third-order valence-electron chi connectivity index (χ3n) is 4.87. The molecule has 1 fully saturated rings. The van der Waals surface area contributed by atoms with Crippen LogP contribution in [-0.2, 0) is 11.3 Å². The fourth-order valence-corrected chi connectivity index (χ4v) is 3.57. The summed E-state index contributed by atoms with van der Waals surface area (Å²) >= 11 is 0. The fourth-order valence-electron chi connectivity index (χ4n) is 3.57. The van der Waals surface area contributed by atoms with E-state index < -0.39 is 0 Å². The topological polar surface area (TPSA) is 89.0 Å². The Kier molecular flexibility index (Phi) is 5.56. The molecule has 2 N–H and O–H groups in total. The molecule has 0 saturated carbocycles. The molecular formula is C19H26N4O3. The second-order valence-corrected chi connectivity index (χ2v) is 6.87. The van der Waals surface area contributed by atoms with E-state index in [0.717, 1.165) is 30.6 Å². The van der Waals surface area contributed by atoms with Gasteiger partial charge >= 0.3 is 0 Å². The molecule has 3 rings (SSSR count). The standard InChI is InChI=1S/C19H26N4O3/c1-4-23-11-15(10-21-23)17-14(6-5-7-26-17)9-20-18(24)16-12(2)8-13(3)22-19(16)25/h8,10-11,14,17H,4-7,9H2,1-3H3,(H,20,24)(H,22,25)/t14-,17+/m0/s1. The quantitative estimate of drug-likeness (QED) is 0.857. The van der Waals surface area contributed by atoms with Gasteiger partial charge in [0.15, 0.2) is 0 Å². The van der Waals surface area contributed by atoms with E-state index >= 15 is 0 Å². The average Bonchev–Trinajstić information content (AvgIpc) is 3.08. The molecular weight excluding hydrogens is 332 g/mol. The number of carbonyl (C=O) groups is 1. The van der Waals surface area contributed by atoms with E-state index in [1.807, 2.05) is 30.1 Å². The molecule has 0 radical (unpaired) electrons. The maximum Gasteiger partial charge on any atom is 0.261 e. The van der Waals surface area contributed by atoms with Crippen molar-refractivity contribution >= 4 is 5.91 Å². The average molecular weight is 358 g/mol. The first kappa shape index (κ1) is 18.4. The second kappa shape index (κ2) is 7.86. The Morgan fingerprint density at radius 3 is 2.96 bits per heavy atom. The van der Waals surface area contributed by atoms with Gasteiger partial charge in [0.1, 0.15) is 5.56 Å². The smallest absolute Gasteiger partial charge is 0.261 e. The van der Waals surface area contributed by atoms with E-state index in [2.05, 4.69) is 15.4 Å². The summed E-state index contributed by atoms with van der Waals surface area (Å²) in [4.78, 5) is 27.4. The monoisotopic (exact) mass is 358 g/mol. The second-order valence-electron chi connectivity index (χ2n) is 6.87. The molecule has 0 aliphatic carbocycles. The molecule has 0 spiro atoms. The predicted octanol–water partition coefficient (Wildman–Crippen LogP) is 2.11. The van der Waals surface area contributed by atoms with Gasteiger partial charge in [-0.05, 0) is 45.2 Å². The molecule has 3 heterocycles. The summed E-state index contributed by atoms with van der Waals surface area (Å²) in [7, 11) is 0. The van der Waals surface area contributed by atoms with E-state index in [4.69, 9.17) is 4.74 Å². The number of nitrogens with zero attached hydrogens (tertiary/aromatic N) is 2. The van der Waals surface area contributed by atoms with Crippen molar-refractivity contribution in [2.45, 2.75) is 46.3 Å². The van der Waals surface area contributed by atoms with Crippen LogP contribution in [0, 0.1) is 19.8 Å². The van der Waals surface area contributed by atoms with E-state index in [1.54, 1.807) is 13.8 Å². The Morgan fingerprint density at radius 2 is 2.27 bits per heavy atom. The molecule has 7 heteroatoms. The molecule has 2 aromatic heterocycles. The summed E-state index contributed by atoms with van der Waals surface area (Å²) in [5.74, 6) is -0.177. The Morgan fingerprint density at radius 1 is 1.46 bits per heavy atom. The molecule has 140 valence electrons. The minimum atomic E-state index is -0.347. The van der Waals surface area contributed by atoms with E-state index in [0.29, 0.717) is 18.7 Å². The maximum atomic E-state index is 12.5. The third kappa shape index (κ3) is 3.88. The molecule has 1 saturated heterocycles. The van der Waals surface area contributed by atoms with Gasteiger partial charge in [-0.1, -0.05) is 0 Å². The van der Waals surface area contributed by atoms with Crippen molar-refractivity contribution in [2.24, 2.45) is 5.92 Å². The zero-order chi connectivity index (χ0) is 18.7. The number of aryl methyl sites for hydroxylation is 3. The van der Waals surface area contributed by atoms with Crippen LogP contribution in [0.15, 0.2) is 23.3 Å². The number of rotatable bonds is 5. The molecule has 26 heavy (non-hydrogen) atoms. The van der Waals surface area contributed by atoms with Gasteiger partial charge in [-0.25, -0.2) is 0 Å². The highest BCUT2D eigenvalue weighted by Gasteiger charge is 2.29. The zero-order valence-corrected chi connectivity index (χ0v) is 15.5. The lowest BCUT2D eigenvalue weighted by atomic mass is 9.90. The van der Waals surface area contributed by atoms with Crippen molar-refractivity contribution in [2.75, 3.05) is 13.2 Å². The SMILES string of the molecule is CCn1cc([C@@H]2OCCC[C@H]2CNC(=O)c2c(C)cc(C)[nH]c2=O)cn1. The van der Waals surface area contributed by atoms with Crippen molar-refractivity contribution in [3.05, 3.63) is 51.2 Å². The van der Waals surface area contributed by atoms with Gasteiger partial charge in [0.25, 0.3) is 11.5 Å². The van der Waals surface area contributed by atoms with Crippen molar-refractivity contribution < 1.29 is 9.53 Å². The Balaban J connectivity index is 1.71. The number of nitrogens with one attached hydrogen (secondary N) is 2. The molecule has 1 aliphatic rings. The number of aromatic amines is 1. The van der Waals surface area contributed by atoms with E-state index in [1.165, 1.54) is 0 Å². The lowest BCUT2D eigenvalue weighted by molar-refractivity contribution is -0.0273. The summed E-state index contributed by atoms with van der Waals surface area (Å²) in [6, 6.07) is 1.81. The van der Waals surface area contributed by atoms with Gasteiger partial charge in [0.05, 0.1) is 12.3 Å². The molecule has 0 unspecified atom stereocenters. The predicted molar refractivity (Wildman–Crippen MR) is 98.2 cm³/mol. The van der Waals surface area contributed by atoms with Crippen molar-refractivity contribution in [1.29, 1.82) is 0 Å². The van der Waals surface area contributed by atoms with Crippen LogP contribution in [0.5, 0.6) is 0 Å². The number of hydrogen-bond donors (Lipinski definition) is 2. The number of aromatic nitrogens is 3. The van der Waals surface area contributed by atoms with Gasteiger partial charge in [0, 0.05) is 43.1 Å². The summed E-state index contributed by atoms with van der Waals surface area (Å²) < 4.78 is 7.84. The normalized spacial score (nSPS) is 20.1. The maximum absolute atomic E-state index is 12.5. The first-order valence-electron chi connectivity index (χ1n) is 9.12. The van der Waals surface area contributed by atoms with Crippen LogP contribution in [0.25, 0.3) is 0 Å². The summed E-state index contributed by atoms with van der Waals surface area (Å²) in [6.45, 7) is 7.61. The minimum Gasteiger partial charge on any atom is -0.373 e. The molecule has 0 bridgehead atoms. The van der Waals surface area contributed by atoms with Crippen LogP contribution in [0.3, 0.4) is 0 Å². The highest BCUT2D eigenvalue weighted by Crippen LogP contribution is 2.33. The summed E-state index contributed by atoms with van der Waals surface area (Å²) in [5.41, 5.74) is 2.31. The highest BCUT2D eigenvalue weighted by atomic mass is 16.5. The third-order valence-corrected chi connectivity index (χ3v) is 4.87. The van der Waals surface area contributed by atoms with Crippen molar-refractivity contribution in [3.8, 4) is 0 Å². The number of H-pyrrole nitrogens is 1. The van der Waals surface area contributed by atoms with Crippen LogP contribution >= 0.6 is 0 Å². The number of hydrogen-bond acceptors (Lipinski definition) is 4. The van der Waals surface area contributed by atoms with Crippen LogP contribution in [0.2, 0.25) is 0 Å². The molecule has 2 aromatic rings. The zero-order valence-electron chi connectivity index (χ0n) is 15.5. The summed E-state index contributed by atoms with van der Waals surface area (Å²) in [6.07, 6.45) is 5.68. The summed E-state index contributed by atoms with van der Waals surface area (Å²) in [5, 5.41) is 7.25. The highest BCUT2D eigenvalue weighted by molar-refractivity contribution is 5.95. The van der Waals surface area contributed by atoms with Gasteiger partial charge in [-0.15, -0.1) is 0 Å². The van der Waals surface area contributed by atoms with Gasteiger partial charge in [-0.3, -0.25) is 14.3 Å². The first-order chi connectivity index (χ1) is 12.5. The Hall–Kier alpha value is -2.41. The van der Waals surface area contributed by atoms with Crippen LogP contribution in [0.1, 0.15) is 53.0 Å². The van der Waals surface area contributed by atoms with Crippen LogP contribution in [0.4, 0.5) is 0 Å². The Labute approximate surface area is 152 Å². The molecule has 0 aromatic carbocycles. The fraction of sp³-hybridized carbons (Fsp3) is 0.526. The van der Waals surface area contributed by atoms with Crippen molar-refractivity contribution in [1.82, 2.24) is 20.1 Å². The van der Waals surface area contributed by atoms with Crippen LogP contribution in [-0.4, -0.2) is 33.8 Å². The lowest BCUT2D eigenvalue weighted by Gasteiger charge is -2.31. The lowest BCUT2D eigenvalue weighted by Crippen LogP contribution is -2.37. The largest absolute Gasteiger partial charge is 0.373 e. The molecule has 1 amide bonds. The van der Waals surface area contributed by atoms with E-state index in [-0.39, 0.29) is 29.1 Å². The van der Waals surface area contributed by atoms with Gasteiger partial charge in [0.2, 0.25) is 0 Å². The Bertz CT molecular complexity index is 840. The van der Waals surface area contributed by atoms with Gasteiger partial charge in [-0.2, -0.15) is 5.10 Å². The first-order valence-corrected chi connectivity index (χ1v) is 9.12. The number of ether oxygens (including phenoxy) is 1. The number of amides is 1. The number of carbonyl (C=O) groups excluding carboxylic acids is 1. The molecule has 1 aliphatic heterocycles. The molecule has 7 nitrogen and oxygen atoms in total. The number of pyridine rings is 1. The van der Waals surface area contributed by atoms with E-state index in [9.17, 15) is 9.59 Å². The molecule has 2 atom stereocenters. The van der Waals surface area contributed by atoms with Crippen LogP contribution < -0.4 is 10.9 Å². The van der Waals surface area contributed by atoms with Gasteiger partial charge < -0.3 is 15.0 Å². The minimum absolute atomic E-state index is 0.0817. The van der Waals surface area contributed by atoms with Crippen molar-refractivity contribution in [3.63, 3.8) is 0 Å².